The van der Waals surface area contributed by atoms with E-state index in [2.05, 4.69) is 33.4 Å². The van der Waals surface area contributed by atoms with E-state index in [1.54, 1.807) is 0 Å². The predicted octanol–water partition coefficient (Wildman–Crippen LogP) is 4.89. The van der Waals surface area contributed by atoms with Gasteiger partial charge in [0.2, 0.25) is 5.91 Å². The van der Waals surface area contributed by atoms with E-state index in [9.17, 15) is 4.79 Å². The Morgan fingerprint density at radius 3 is 2.76 bits per heavy atom. The smallest absolute Gasteiger partial charge is 0.220 e. The fourth-order valence-corrected chi connectivity index (χ4v) is 5.62. The first-order valence-corrected chi connectivity index (χ1v) is 11.9. The molecule has 29 heavy (non-hydrogen) atoms. The standard InChI is InChI=1S/C25H37N3O/c29-24(17-20-9-4-5-10-20)27-25(23-14-6-7-15-26-23)22-13-8-16-28(19-22)18-21-11-2-1-3-12-21/h1-2,6-7,14-15,20-22,25H,3-5,8-13,16-19H2,(H,27,29)/t21-,22+,25+/m1/s1. The molecule has 1 amide bonds. The maximum Gasteiger partial charge on any atom is 0.220 e. The van der Waals surface area contributed by atoms with Gasteiger partial charge in [0.15, 0.2) is 0 Å². The number of carbonyl (C=O) groups is 1. The summed E-state index contributed by atoms with van der Waals surface area (Å²) in [5, 5.41) is 3.41. The van der Waals surface area contributed by atoms with E-state index in [1.165, 1.54) is 70.9 Å². The minimum atomic E-state index is 0.0409. The minimum Gasteiger partial charge on any atom is -0.347 e. The zero-order chi connectivity index (χ0) is 19.9. The molecule has 2 aliphatic carbocycles. The van der Waals surface area contributed by atoms with E-state index in [4.69, 9.17) is 0 Å². The molecule has 0 aromatic carbocycles. The summed E-state index contributed by atoms with van der Waals surface area (Å²) < 4.78 is 0. The summed E-state index contributed by atoms with van der Waals surface area (Å²) in [7, 11) is 0. The van der Waals surface area contributed by atoms with Gasteiger partial charge in [-0.15, -0.1) is 0 Å². The van der Waals surface area contributed by atoms with Crippen molar-refractivity contribution in [2.75, 3.05) is 19.6 Å². The molecule has 1 saturated heterocycles. The van der Waals surface area contributed by atoms with Crippen molar-refractivity contribution >= 4 is 5.91 Å². The number of carbonyl (C=O) groups excluding carboxylic acids is 1. The maximum absolute atomic E-state index is 12.9. The van der Waals surface area contributed by atoms with Crippen LogP contribution in [-0.2, 0) is 4.79 Å². The van der Waals surface area contributed by atoms with Crippen molar-refractivity contribution in [3.63, 3.8) is 0 Å². The molecule has 0 bridgehead atoms. The molecule has 2 heterocycles. The SMILES string of the molecule is O=C(CC1CCCC1)N[C@H](c1ccccn1)[C@H]1CCCN(C[C@@H]2CC=CCC2)C1. The molecule has 1 N–H and O–H groups in total. The first-order chi connectivity index (χ1) is 14.3. The Hall–Kier alpha value is -1.68. The van der Waals surface area contributed by atoms with Gasteiger partial charge < -0.3 is 10.2 Å². The Kier molecular flexibility index (Phi) is 7.37. The fraction of sp³-hybridized carbons (Fsp3) is 0.680. The first-order valence-electron chi connectivity index (χ1n) is 11.9. The average Bonchev–Trinajstić information content (AvgIpc) is 3.26. The molecule has 0 spiro atoms. The zero-order valence-electron chi connectivity index (χ0n) is 17.8. The zero-order valence-corrected chi connectivity index (χ0v) is 17.8. The summed E-state index contributed by atoms with van der Waals surface area (Å²) in [4.78, 5) is 20.2. The van der Waals surface area contributed by atoms with E-state index < -0.39 is 0 Å². The van der Waals surface area contributed by atoms with Crippen molar-refractivity contribution in [3.8, 4) is 0 Å². The first kappa shape index (κ1) is 20.6. The van der Waals surface area contributed by atoms with Gasteiger partial charge >= 0.3 is 0 Å². The molecule has 1 aromatic rings. The minimum absolute atomic E-state index is 0.0409. The third-order valence-corrected chi connectivity index (χ3v) is 7.18. The Morgan fingerprint density at radius 2 is 2.00 bits per heavy atom. The van der Waals surface area contributed by atoms with Crippen molar-refractivity contribution in [3.05, 3.63) is 42.2 Å². The number of hydrogen-bond acceptors (Lipinski definition) is 3. The number of nitrogens with zero attached hydrogens (tertiary/aromatic N) is 2. The molecule has 4 heteroatoms. The third-order valence-electron chi connectivity index (χ3n) is 7.18. The van der Waals surface area contributed by atoms with Crippen LogP contribution in [-0.4, -0.2) is 35.4 Å². The second-order valence-corrected chi connectivity index (χ2v) is 9.47. The number of rotatable bonds is 7. The largest absolute Gasteiger partial charge is 0.347 e. The molecule has 1 aromatic heterocycles. The molecule has 2 fully saturated rings. The monoisotopic (exact) mass is 395 g/mol. The van der Waals surface area contributed by atoms with Gasteiger partial charge in [-0.05, 0) is 81.4 Å². The lowest BCUT2D eigenvalue weighted by atomic mass is 9.86. The molecule has 1 aliphatic heterocycles. The van der Waals surface area contributed by atoms with Crippen LogP contribution in [0.4, 0.5) is 0 Å². The van der Waals surface area contributed by atoms with Crippen LogP contribution in [0.15, 0.2) is 36.5 Å². The van der Waals surface area contributed by atoms with E-state index in [0.29, 0.717) is 18.3 Å². The van der Waals surface area contributed by atoms with Crippen LogP contribution >= 0.6 is 0 Å². The maximum atomic E-state index is 12.9. The molecule has 158 valence electrons. The molecule has 3 atom stereocenters. The van der Waals surface area contributed by atoms with Crippen molar-refractivity contribution in [1.82, 2.24) is 15.2 Å². The Morgan fingerprint density at radius 1 is 1.10 bits per heavy atom. The number of piperidine rings is 1. The lowest BCUT2D eigenvalue weighted by Gasteiger charge is -2.39. The number of allylic oxidation sites excluding steroid dienone is 2. The van der Waals surface area contributed by atoms with Crippen molar-refractivity contribution in [2.24, 2.45) is 17.8 Å². The third kappa shape index (κ3) is 5.91. The summed E-state index contributed by atoms with van der Waals surface area (Å²) in [6.45, 7) is 3.47. The lowest BCUT2D eigenvalue weighted by molar-refractivity contribution is -0.123. The summed E-state index contributed by atoms with van der Waals surface area (Å²) in [5.74, 6) is 2.05. The molecule has 4 nitrogen and oxygen atoms in total. The Labute approximate surface area is 176 Å². The summed E-state index contributed by atoms with van der Waals surface area (Å²) in [6.07, 6.45) is 18.4. The van der Waals surface area contributed by atoms with Gasteiger partial charge in [-0.1, -0.05) is 31.1 Å². The van der Waals surface area contributed by atoms with Crippen LogP contribution in [0, 0.1) is 17.8 Å². The summed E-state index contributed by atoms with van der Waals surface area (Å²) >= 11 is 0. The van der Waals surface area contributed by atoms with Crippen LogP contribution in [0.5, 0.6) is 0 Å². The van der Waals surface area contributed by atoms with Crippen molar-refractivity contribution < 1.29 is 4.79 Å². The van der Waals surface area contributed by atoms with Gasteiger partial charge in [0.1, 0.15) is 0 Å². The highest BCUT2D eigenvalue weighted by molar-refractivity contribution is 5.76. The highest BCUT2D eigenvalue weighted by Crippen LogP contribution is 2.32. The van der Waals surface area contributed by atoms with Gasteiger partial charge in [-0.3, -0.25) is 9.78 Å². The van der Waals surface area contributed by atoms with Crippen LogP contribution in [0.1, 0.15) is 75.9 Å². The number of nitrogens with one attached hydrogen (secondary N) is 1. The van der Waals surface area contributed by atoms with Crippen LogP contribution in [0.2, 0.25) is 0 Å². The second-order valence-electron chi connectivity index (χ2n) is 9.47. The van der Waals surface area contributed by atoms with Crippen LogP contribution < -0.4 is 5.32 Å². The number of pyridine rings is 1. The number of aromatic nitrogens is 1. The molecular weight excluding hydrogens is 358 g/mol. The Bertz CT molecular complexity index is 668. The van der Waals surface area contributed by atoms with Gasteiger partial charge in [-0.25, -0.2) is 0 Å². The summed E-state index contributed by atoms with van der Waals surface area (Å²) in [6, 6.07) is 6.14. The molecule has 4 rings (SSSR count). The number of likely N-dealkylation sites (tertiary alicyclic amines) is 1. The van der Waals surface area contributed by atoms with E-state index in [1.807, 2.05) is 18.3 Å². The highest BCUT2D eigenvalue weighted by atomic mass is 16.1. The second kappa shape index (κ2) is 10.4. The summed E-state index contributed by atoms with van der Waals surface area (Å²) in [5.41, 5.74) is 1.03. The molecule has 3 aliphatic rings. The van der Waals surface area contributed by atoms with Crippen LogP contribution in [0.3, 0.4) is 0 Å². The quantitative estimate of drug-likeness (QED) is 0.669. The Balaban J connectivity index is 1.40. The average molecular weight is 396 g/mol. The molecule has 0 radical (unpaired) electrons. The van der Waals surface area contributed by atoms with Gasteiger partial charge in [0.05, 0.1) is 11.7 Å². The van der Waals surface area contributed by atoms with Crippen molar-refractivity contribution in [2.45, 2.75) is 70.3 Å². The van der Waals surface area contributed by atoms with Gasteiger partial charge in [0, 0.05) is 25.7 Å². The van der Waals surface area contributed by atoms with Gasteiger partial charge in [-0.2, -0.15) is 0 Å². The van der Waals surface area contributed by atoms with Crippen molar-refractivity contribution in [1.29, 1.82) is 0 Å². The van der Waals surface area contributed by atoms with E-state index in [0.717, 1.165) is 18.2 Å². The lowest BCUT2D eigenvalue weighted by Crippen LogP contribution is -2.44. The fourth-order valence-electron chi connectivity index (χ4n) is 5.62. The number of hydrogen-bond donors (Lipinski definition) is 1. The number of amides is 1. The molecule has 0 unspecified atom stereocenters. The highest BCUT2D eigenvalue weighted by Gasteiger charge is 2.31. The molecular formula is C25H37N3O. The topological polar surface area (TPSA) is 45.2 Å². The molecule has 1 saturated carbocycles. The predicted molar refractivity (Wildman–Crippen MR) is 117 cm³/mol. The van der Waals surface area contributed by atoms with Gasteiger partial charge in [0.25, 0.3) is 0 Å². The normalized spacial score (nSPS) is 27.0. The van der Waals surface area contributed by atoms with E-state index in [-0.39, 0.29) is 11.9 Å². The van der Waals surface area contributed by atoms with Crippen LogP contribution in [0.25, 0.3) is 0 Å². The van der Waals surface area contributed by atoms with E-state index >= 15 is 0 Å².